The Hall–Kier alpha value is -4.20. The van der Waals surface area contributed by atoms with Crippen LogP contribution >= 0.6 is 0 Å². The van der Waals surface area contributed by atoms with Crippen LogP contribution in [0.5, 0.6) is 0 Å². The number of hydrazine groups is 1. The smallest absolute Gasteiger partial charge is 0.338 e. The van der Waals surface area contributed by atoms with Crippen molar-refractivity contribution in [2.75, 3.05) is 12.3 Å². The fraction of sp³-hybridized carbons (Fsp3) is 0.200. The van der Waals surface area contributed by atoms with Crippen LogP contribution in [-0.4, -0.2) is 23.5 Å². The topological polar surface area (TPSA) is 111 Å². The predicted molar refractivity (Wildman–Crippen MR) is 120 cm³/mol. The van der Waals surface area contributed by atoms with Crippen molar-refractivity contribution in [2.24, 2.45) is 0 Å². The first-order chi connectivity index (χ1) is 16.1. The molecule has 3 N–H and O–H groups in total. The molecule has 2 aromatic heterocycles. The van der Waals surface area contributed by atoms with Gasteiger partial charge in [0.05, 0.1) is 23.8 Å². The van der Waals surface area contributed by atoms with E-state index in [4.69, 9.17) is 19.3 Å². The lowest BCUT2D eigenvalue weighted by Crippen LogP contribution is -2.42. The summed E-state index contributed by atoms with van der Waals surface area (Å²) in [5, 5.41) is 1.49. The van der Waals surface area contributed by atoms with Gasteiger partial charge in [-0.15, -0.1) is 0 Å². The highest BCUT2D eigenvalue weighted by Gasteiger charge is 2.41. The van der Waals surface area contributed by atoms with E-state index in [9.17, 15) is 9.59 Å². The van der Waals surface area contributed by atoms with Gasteiger partial charge in [0.2, 0.25) is 0 Å². The van der Waals surface area contributed by atoms with Crippen molar-refractivity contribution in [3.63, 3.8) is 0 Å². The van der Waals surface area contributed by atoms with Gasteiger partial charge in [-0.05, 0) is 85.0 Å². The Bertz CT molecular complexity index is 1210. The molecule has 3 aromatic rings. The maximum absolute atomic E-state index is 13.2. The molecule has 33 heavy (non-hydrogen) atoms. The van der Waals surface area contributed by atoms with E-state index < -0.39 is 18.6 Å². The van der Waals surface area contributed by atoms with Gasteiger partial charge in [0.15, 0.2) is 6.61 Å². The highest BCUT2D eigenvalue weighted by molar-refractivity contribution is 5.91. The molecule has 1 aromatic carbocycles. The van der Waals surface area contributed by atoms with Crippen LogP contribution in [-0.2, 0) is 9.53 Å². The molecule has 0 saturated carbocycles. The number of nitrogens with one attached hydrogen (secondary N) is 1. The summed E-state index contributed by atoms with van der Waals surface area (Å²) in [5.41, 5.74) is 12.8. The number of anilines is 1. The molecule has 1 atom stereocenters. The van der Waals surface area contributed by atoms with E-state index in [1.807, 2.05) is 24.3 Å². The third-order valence-corrected chi connectivity index (χ3v) is 5.77. The maximum Gasteiger partial charge on any atom is 0.338 e. The minimum atomic E-state index is -0.590. The number of ether oxygens (including phenoxy) is 1. The first-order valence-electron chi connectivity index (χ1n) is 10.7. The van der Waals surface area contributed by atoms with Crippen molar-refractivity contribution in [2.45, 2.75) is 25.3 Å². The number of nitrogens with zero attached hydrogens (tertiary/aromatic N) is 1. The number of amides is 1. The van der Waals surface area contributed by atoms with Crippen LogP contribution in [0.3, 0.4) is 0 Å². The first-order valence-corrected chi connectivity index (χ1v) is 10.7. The van der Waals surface area contributed by atoms with E-state index in [-0.39, 0.29) is 5.91 Å². The zero-order valence-corrected chi connectivity index (χ0v) is 17.8. The second kappa shape index (κ2) is 8.74. The summed E-state index contributed by atoms with van der Waals surface area (Å²) in [6.45, 7) is -0.411. The van der Waals surface area contributed by atoms with Gasteiger partial charge < -0.3 is 19.3 Å². The SMILES string of the molecule is Nc1ccc(C(=O)OCC(=O)N2NC3=C(CCC/C3=C\c3ccco3)[C@H]2c2ccco2)cc1. The molecule has 3 heterocycles. The minimum Gasteiger partial charge on any atom is -0.467 e. The molecule has 168 valence electrons. The Labute approximate surface area is 190 Å². The minimum absolute atomic E-state index is 0.329. The third kappa shape index (κ3) is 4.15. The van der Waals surface area contributed by atoms with Crippen molar-refractivity contribution in [1.82, 2.24) is 10.4 Å². The Morgan fingerprint density at radius 1 is 1.09 bits per heavy atom. The summed E-state index contributed by atoms with van der Waals surface area (Å²) in [6.07, 6.45) is 7.81. The molecule has 0 fully saturated rings. The van der Waals surface area contributed by atoms with Crippen LogP contribution in [0.1, 0.15) is 47.2 Å². The molecule has 0 radical (unpaired) electrons. The lowest BCUT2D eigenvalue weighted by molar-refractivity contribution is -0.138. The maximum atomic E-state index is 13.2. The van der Waals surface area contributed by atoms with Gasteiger partial charge in [0, 0.05) is 5.69 Å². The number of carbonyl (C=O) groups is 2. The summed E-state index contributed by atoms with van der Waals surface area (Å²) in [5.74, 6) is 0.419. The van der Waals surface area contributed by atoms with Gasteiger partial charge in [-0.25, -0.2) is 9.80 Å². The molecule has 2 aliphatic rings. The third-order valence-electron chi connectivity index (χ3n) is 5.77. The second-order valence-corrected chi connectivity index (χ2v) is 7.93. The first kappa shape index (κ1) is 20.7. The number of nitrogen functional groups attached to an aromatic ring is 1. The molecular formula is C25H23N3O5. The summed E-state index contributed by atoms with van der Waals surface area (Å²) in [6, 6.07) is 13.3. The fourth-order valence-corrected chi connectivity index (χ4v) is 4.22. The zero-order valence-electron chi connectivity index (χ0n) is 17.8. The van der Waals surface area contributed by atoms with Gasteiger partial charge in [-0.3, -0.25) is 10.2 Å². The van der Waals surface area contributed by atoms with Crippen LogP contribution < -0.4 is 11.2 Å². The molecule has 1 aliphatic heterocycles. The van der Waals surface area contributed by atoms with E-state index in [0.717, 1.165) is 41.9 Å². The van der Waals surface area contributed by atoms with Crippen LogP contribution in [0.25, 0.3) is 6.08 Å². The number of rotatable bonds is 5. The molecule has 1 amide bonds. The standard InChI is InChI=1S/C25H23N3O5/c26-18-10-8-16(9-11-18)25(30)33-15-22(29)28-24(21-7-3-13-32-21)20-6-1-4-17(23(20)27-28)14-19-5-2-12-31-19/h2-3,5,7-14,24,27H,1,4,6,15,26H2/b17-14+/t24-/m0/s1. The zero-order chi connectivity index (χ0) is 22.8. The van der Waals surface area contributed by atoms with Gasteiger partial charge in [-0.2, -0.15) is 0 Å². The Morgan fingerprint density at radius 2 is 1.88 bits per heavy atom. The Balaban J connectivity index is 1.37. The van der Waals surface area contributed by atoms with E-state index in [1.54, 1.807) is 42.9 Å². The number of carbonyl (C=O) groups excluding carboxylic acids is 2. The molecular weight excluding hydrogens is 422 g/mol. The average molecular weight is 445 g/mol. The van der Waals surface area contributed by atoms with Crippen molar-refractivity contribution in [3.8, 4) is 0 Å². The van der Waals surface area contributed by atoms with Crippen LogP contribution in [0, 0.1) is 0 Å². The summed E-state index contributed by atoms with van der Waals surface area (Å²) in [4.78, 5) is 25.5. The van der Waals surface area contributed by atoms with E-state index in [1.165, 1.54) is 5.01 Å². The van der Waals surface area contributed by atoms with E-state index >= 15 is 0 Å². The van der Waals surface area contributed by atoms with E-state index in [0.29, 0.717) is 17.0 Å². The Morgan fingerprint density at radius 3 is 2.61 bits per heavy atom. The van der Waals surface area contributed by atoms with Gasteiger partial charge in [0.1, 0.15) is 17.6 Å². The van der Waals surface area contributed by atoms with E-state index in [2.05, 4.69) is 5.43 Å². The van der Waals surface area contributed by atoms with Crippen LogP contribution in [0.4, 0.5) is 5.69 Å². The number of esters is 1. The van der Waals surface area contributed by atoms with Gasteiger partial charge in [0.25, 0.3) is 5.91 Å². The second-order valence-electron chi connectivity index (χ2n) is 7.93. The summed E-state index contributed by atoms with van der Waals surface area (Å²) >= 11 is 0. The number of hydrogen-bond acceptors (Lipinski definition) is 7. The highest BCUT2D eigenvalue weighted by atomic mass is 16.5. The van der Waals surface area contributed by atoms with Gasteiger partial charge in [-0.1, -0.05) is 0 Å². The van der Waals surface area contributed by atoms with Crippen LogP contribution in [0.2, 0.25) is 0 Å². The number of nitrogens with two attached hydrogens (primary N) is 1. The fourth-order valence-electron chi connectivity index (χ4n) is 4.22. The number of benzene rings is 1. The van der Waals surface area contributed by atoms with Gasteiger partial charge >= 0.3 is 5.97 Å². The molecule has 8 heteroatoms. The van der Waals surface area contributed by atoms with Crippen molar-refractivity contribution < 1.29 is 23.2 Å². The highest BCUT2D eigenvalue weighted by Crippen LogP contribution is 2.44. The molecule has 1 aliphatic carbocycles. The average Bonchev–Trinajstić information content (AvgIpc) is 3.58. The summed E-state index contributed by atoms with van der Waals surface area (Å²) in [7, 11) is 0. The molecule has 0 spiro atoms. The predicted octanol–water partition coefficient (Wildman–Crippen LogP) is 4.22. The molecule has 0 unspecified atom stereocenters. The lowest BCUT2D eigenvalue weighted by atomic mass is 9.88. The Kier molecular flexibility index (Phi) is 5.48. The lowest BCUT2D eigenvalue weighted by Gasteiger charge is -2.24. The van der Waals surface area contributed by atoms with Crippen molar-refractivity contribution in [1.29, 1.82) is 0 Å². The molecule has 5 rings (SSSR count). The molecule has 0 saturated heterocycles. The number of furan rings is 2. The summed E-state index contributed by atoms with van der Waals surface area (Å²) < 4.78 is 16.4. The molecule has 0 bridgehead atoms. The van der Waals surface area contributed by atoms with Crippen LogP contribution in [0.15, 0.2) is 86.7 Å². The molecule has 8 nitrogen and oxygen atoms in total. The monoisotopic (exact) mass is 445 g/mol. The van der Waals surface area contributed by atoms with Crippen molar-refractivity contribution in [3.05, 3.63) is 95.0 Å². The largest absolute Gasteiger partial charge is 0.467 e. The quantitative estimate of drug-likeness (QED) is 0.447. The number of allylic oxidation sites excluding steroid dienone is 1. The normalized spacial score (nSPS) is 18.8. The number of hydrogen-bond donors (Lipinski definition) is 2. The van der Waals surface area contributed by atoms with Crippen molar-refractivity contribution >= 4 is 23.6 Å².